The van der Waals surface area contributed by atoms with Crippen LogP contribution in [-0.4, -0.2) is 40.9 Å². The summed E-state index contributed by atoms with van der Waals surface area (Å²) in [6.07, 6.45) is 0. The molecular weight excluding hydrogens is 330 g/mol. The number of nitrogens with zero attached hydrogens (tertiary/aromatic N) is 1. The molecule has 2 rings (SSSR count). The van der Waals surface area contributed by atoms with Crippen LogP contribution in [0.2, 0.25) is 0 Å². The molecule has 6 heteroatoms. The second kappa shape index (κ2) is 9.23. The first-order valence-electron chi connectivity index (χ1n) is 8.06. The monoisotopic (exact) mass is 353 g/mol. The molecule has 0 saturated carbocycles. The molecule has 0 saturated heterocycles. The molecule has 0 spiro atoms. The third-order valence-corrected chi connectivity index (χ3v) is 3.61. The molecule has 2 aromatic carbocycles. The Hall–Kier alpha value is -3.33. The Balaban J connectivity index is 1.88. The summed E-state index contributed by atoms with van der Waals surface area (Å²) in [5.74, 6) is 7.11. The number of carbonyl (C=O) groups is 1. The van der Waals surface area contributed by atoms with Crippen LogP contribution in [-0.2, 0) is 0 Å². The zero-order chi connectivity index (χ0) is 18.9. The number of hydrogen-bond acceptors (Lipinski definition) is 4. The molecule has 0 aliphatic carbocycles. The number of benzene rings is 2. The maximum Gasteiger partial charge on any atom is 0.320 e. The summed E-state index contributed by atoms with van der Waals surface area (Å²) in [5, 5.41) is 5.42. The van der Waals surface area contributed by atoms with Gasteiger partial charge in [0.05, 0.1) is 26.5 Å². The third-order valence-electron chi connectivity index (χ3n) is 3.61. The highest BCUT2D eigenvalue weighted by atomic mass is 16.5. The van der Waals surface area contributed by atoms with Crippen LogP contribution >= 0.6 is 0 Å². The van der Waals surface area contributed by atoms with E-state index in [9.17, 15) is 4.79 Å². The van der Waals surface area contributed by atoms with Crippen molar-refractivity contribution >= 4 is 17.4 Å². The lowest BCUT2D eigenvalue weighted by atomic mass is 10.2. The first-order chi connectivity index (χ1) is 12.5. The molecule has 0 fully saturated rings. The smallest absolute Gasteiger partial charge is 0.320 e. The molecule has 0 heterocycles. The number of rotatable bonds is 5. The Kier molecular flexibility index (Phi) is 6.75. The van der Waals surface area contributed by atoms with Crippen molar-refractivity contribution in [2.75, 3.05) is 45.1 Å². The molecule has 2 amide bonds. The van der Waals surface area contributed by atoms with Crippen molar-refractivity contribution in [3.63, 3.8) is 0 Å². The van der Waals surface area contributed by atoms with Gasteiger partial charge in [0.15, 0.2) is 0 Å². The molecule has 0 unspecified atom stereocenters. The van der Waals surface area contributed by atoms with Crippen molar-refractivity contribution in [3.05, 3.63) is 48.0 Å². The number of ether oxygens (including phenoxy) is 2. The van der Waals surface area contributed by atoms with Gasteiger partial charge in [0.25, 0.3) is 0 Å². The fourth-order valence-corrected chi connectivity index (χ4v) is 2.18. The summed E-state index contributed by atoms with van der Waals surface area (Å²) in [5.41, 5.74) is 2.56. The van der Waals surface area contributed by atoms with E-state index >= 15 is 0 Å². The first-order valence-corrected chi connectivity index (χ1v) is 8.06. The molecule has 0 bridgehead atoms. The quantitative estimate of drug-likeness (QED) is 0.812. The van der Waals surface area contributed by atoms with Crippen molar-refractivity contribution in [1.29, 1.82) is 0 Å². The molecule has 2 aromatic rings. The van der Waals surface area contributed by atoms with E-state index in [2.05, 4.69) is 22.5 Å². The summed E-state index contributed by atoms with van der Waals surface area (Å²) >= 11 is 0. The van der Waals surface area contributed by atoms with E-state index in [0.29, 0.717) is 17.2 Å². The normalized spacial score (nSPS) is 9.54. The van der Waals surface area contributed by atoms with E-state index in [-0.39, 0.29) is 12.6 Å². The van der Waals surface area contributed by atoms with Crippen molar-refractivity contribution in [2.24, 2.45) is 0 Å². The van der Waals surface area contributed by atoms with Crippen LogP contribution in [0.5, 0.6) is 11.5 Å². The van der Waals surface area contributed by atoms with Crippen molar-refractivity contribution < 1.29 is 14.3 Å². The number of hydrogen-bond donors (Lipinski definition) is 2. The predicted molar refractivity (Wildman–Crippen MR) is 104 cm³/mol. The van der Waals surface area contributed by atoms with Gasteiger partial charge in [0.1, 0.15) is 11.5 Å². The van der Waals surface area contributed by atoms with Gasteiger partial charge >= 0.3 is 6.03 Å². The molecule has 0 aromatic heterocycles. The summed E-state index contributed by atoms with van der Waals surface area (Å²) in [6.45, 7) is 0.236. The minimum Gasteiger partial charge on any atom is -0.497 e. The van der Waals surface area contributed by atoms with Gasteiger partial charge in [-0.3, -0.25) is 0 Å². The van der Waals surface area contributed by atoms with Crippen molar-refractivity contribution in [1.82, 2.24) is 5.32 Å². The average molecular weight is 353 g/mol. The van der Waals surface area contributed by atoms with Gasteiger partial charge in [-0.05, 0) is 36.4 Å². The van der Waals surface area contributed by atoms with Crippen LogP contribution < -0.4 is 25.0 Å². The highest BCUT2D eigenvalue weighted by molar-refractivity contribution is 5.91. The van der Waals surface area contributed by atoms with Gasteiger partial charge < -0.3 is 25.0 Å². The van der Waals surface area contributed by atoms with E-state index in [1.165, 1.54) is 7.11 Å². The molecule has 2 N–H and O–H groups in total. The Bertz CT molecular complexity index is 805. The Morgan fingerprint density at radius 1 is 1.08 bits per heavy atom. The number of amides is 2. The second-order valence-electron chi connectivity index (χ2n) is 5.62. The zero-order valence-electron chi connectivity index (χ0n) is 15.4. The van der Waals surface area contributed by atoms with Crippen LogP contribution in [0, 0.1) is 11.8 Å². The SMILES string of the molecule is COc1ccc(NC(=O)NCC#Cc2ccc(N(C)C)cc2)c(OC)c1. The van der Waals surface area contributed by atoms with Gasteiger partial charge in [0.2, 0.25) is 0 Å². The number of methoxy groups -OCH3 is 2. The van der Waals surface area contributed by atoms with Crippen molar-refractivity contribution in [2.45, 2.75) is 0 Å². The number of carbonyl (C=O) groups excluding carboxylic acids is 1. The minimum absolute atomic E-state index is 0.236. The maximum atomic E-state index is 12.0. The highest BCUT2D eigenvalue weighted by Crippen LogP contribution is 2.28. The molecule has 0 radical (unpaired) electrons. The van der Waals surface area contributed by atoms with Gasteiger partial charge in [-0.1, -0.05) is 11.8 Å². The topological polar surface area (TPSA) is 62.8 Å². The fourth-order valence-electron chi connectivity index (χ4n) is 2.18. The Morgan fingerprint density at radius 3 is 2.42 bits per heavy atom. The number of nitrogens with one attached hydrogen (secondary N) is 2. The standard InChI is InChI=1S/C20H23N3O3/c1-23(2)16-9-7-15(8-10-16)6-5-13-21-20(24)22-18-12-11-17(25-3)14-19(18)26-4/h7-12,14H,13H2,1-4H3,(H2,21,22,24). The highest BCUT2D eigenvalue weighted by Gasteiger charge is 2.07. The third kappa shape index (κ3) is 5.35. The van der Waals surface area contributed by atoms with Gasteiger partial charge in [-0.25, -0.2) is 4.79 Å². The van der Waals surface area contributed by atoms with E-state index in [0.717, 1.165) is 11.3 Å². The Morgan fingerprint density at radius 2 is 1.81 bits per heavy atom. The molecule has 0 aliphatic heterocycles. The summed E-state index contributed by atoms with van der Waals surface area (Å²) < 4.78 is 10.4. The lowest BCUT2D eigenvalue weighted by Gasteiger charge is -2.11. The molecule has 0 aliphatic rings. The lowest BCUT2D eigenvalue weighted by molar-refractivity contribution is 0.253. The molecular formula is C20H23N3O3. The summed E-state index contributed by atoms with van der Waals surface area (Å²) in [7, 11) is 7.08. The van der Waals surface area contributed by atoms with Crippen LogP contribution in [0.3, 0.4) is 0 Å². The summed E-state index contributed by atoms with van der Waals surface area (Å²) in [4.78, 5) is 14.0. The Labute approximate surface area is 154 Å². The van der Waals surface area contributed by atoms with Crippen LogP contribution in [0.1, 0.15) is 5.56 Å². The number of urea groups is 1. The summed E-state index contributed by atoms with van der Waals surface area (Å²) in [6, 6.07) is 12.7. The van der Waals surface area contributed by atoms with Gasteiger partial charge in [-0.2, -0.15) is 0 Å². The average Bonchev–Trinajstić information content (AvgIpc) is 2.66. The van der Waals surface area contributed by atoms with Crippen LogP contribution in [0.25, 0.3) is 0 Å². The lowest BCUT2D eigenvalue weighted by Crippen LogP contribution is -2.29. The minimum atomic E-state index is -0.356. The van der Waals surface area contributed by atoms with E-state index in [1.54, 1.807) is 25.3 Å². The fraction of sp³-hybridized carbons (Fsp3) is 0.250. The van der Waals surface area contributed by atoms with Gasteiger partial charge in [0, 0.05) is 31.4 Å². The zero-order valence-corrected chi connectivity index (χ0v) is 15.4. The van der Waals surface area contributed by atoms with Crippen LogP contribution in [0.15, 0.2) is 42.5 Å². The largest absolute Gasteiger partial charge is 0.497 e. The van der Waals surface area contributed by atoms with Crippen molar-refractivity contribution in [3.8, 4) is 23.3 Å². The maximum absolute atomic E-state index is 12.0. The van der Waals surface area contributed by atoms with E-state index < -0.39 is 0 Å². The first kappa shape index (κ1) is 19.0. The molecule has 0 atom stereocenters. The van der Waals surface area contributed by atoms with Gasteiger partial charge in [-0.15, -0.1) is 0 Å². The second-order valence-corrected chi connectivity index (χ2v) is 5.62. The number of anilines is 2. The van der Waals surface area contributed by atoms with E-state index in [4.69, 9.17) is 9.47 Å². The molecule has 136 valence electrons. The molecule has 6 nitrogen and oxygen atoms in total. The van der Waals surface area contributed by atoms with Crippen LogP contribution in [0.4, 0.5) is 16.2 Å². The van der Waals surface area contributed by atoms with E-state index in [1.807, 2.05) is 43.3 Å². The molecule has 26 heavy (non-hydrogen) atoms. The predicted octanol–water partition coefficient (Wildman–Crippen LogP) is 2.94.